The number of nitrogens with zero attached hydrogens (tertiary/aromatic N) is 4. The predicted octanol–water partition coefficient (Wildman–Crippen LogP) is 5.02. The van der Waals surface area contributed by atoms with Crippen molar-refractivity contribution >= 4 is 23.3 Å². The third-order valence-electron chi connectivity index (χ3n) is 11.4. The number of nitrogens with two attached hydrogens (primary N) is 1. The first-order chi connectivity index (χ1) is 25.3. The number of pyridine rings is 1. The summed E-state index contributed by atoms with van der Waals surface area (Å²) in [5.74, 6) is 0.829. The fourth-order valence-electron chi connectivity index (χ4n) is 8.30. The molecule has 6 N–H and O–H groups in total. The van der Waals surface area contributed by atoms with Crippen LogP contribution in [0.1, 0.15) is 79.4 Å². The Balaban J connectivity index is 1.02. The number of anilines is 1. The number of hydrogen-bond donors (Lipinski definition) is 5. The number of fused-ring (bicyclic) bond motifs is 4. The first-order valence-corrected chi connectivity index (χ1v) is 18.8. The summed E-state index contributed by atoms with van der Waals surface area (Å²) in [6, 6.07) is 17.8. The average molecular weight is 704 g/mol. The number of hydrogen-bond acceptors (Lipinski definition) is 9. The molecule has 2 bridgehead atoms. The zero-order chi connectivity index (χ0) is 36.0. The van der Waals surface area contributed by atoms with Gasteiger partial charge in [0.05, 0.1) is 0 Å². The molecule has 4 aliphatic rings. The Kier molecular flexibility index (Phi) is 11.1. The maximum Gasteiger partial charge on any atom is 0.270 e. The molecule has 2 saturated heterocycles. The van der Waals surface area contributed by atoms with E-state index in [0.717, 1.165) is 72.9 Å². The number of tetrazole rings is 1. The smallest absolute Gasteiger partial charge is 0.270 e. The third-order valence-corrected chi connectivity index (χ3v) is 11.4. The minimum atomic E-state index is -0.539. The molecule has 12 nitrogen and oxygen atoms in total. The molecular formula is C40H49N9O3. The van der Waals surface area contributed by atoms with Gasteiger partial charge in [0.25, 0.3) is 5.91 Å². The number of piperidine rings is 1. The monoisotopic (exact) mass is 703 g/mol. The molecule has 52 heavy (non-hydrogen) atoms. The van der Waals surface area contributed by atoms with E-state index in [4.69, 9.17) is 5.73 Å². The topological polar surface area (TPSA) is 181 Å². The standard InChI is InChI=1S/C40H49N9O3/c1-24-16-36(40(52)45-34-18-27-6-13-33(20-34)42-22-27)43-23-35(24)28-7-2-25(3-8-28)17-31(19-37(50)29-9-4-26(21-41)5-10-29)39(51)44-32-14-11-30(12-15-32)38-46-48-49-47-38/h2-3,7-8,11-12,14-16,23,26-27,29,31,33-34,42H,4-6,9-10,13,17-22,41H2,1H3,(H,44,51)(H,45,52)(H,46,47,48,49)/t26?,27-,29?,31+,33+,34?/m0/s1. The number of nitrogens with one attached hydrogen (secondary N) is 4. The van der Waals surface area contributed by atoms with Gasteiger partial charge in [-0.15, -0.1) is 10.2 Å². The van der Waals surface area contributed by atoms with Crippen molar-refractivity contribution in [1.29, 1.82) is 0 Å². The van der Waals surface area contributed by atoms with E-state index in [1.54, 1.807) is 18.3 Å². The van der Waals surface area contributed by atoms with Crippen LogP contribution in [0.15, 0.2) is 60.8 Å². The number of amides is 2. The Morgan fingerprint density at radius 2 is 1.71 bits per heavy atom. The van der Waals surface area contributed by atoms with Crippen LogP contribution in [0.5, 0.6) is 0 Å². The molecule has 4 fully saturated rings. The van der Waals surface area contributed by atoms with E-state index >= 15 is 0 Å². The van der Waals surface area contributed by atoms with Gasteiger partial charge in [0.2, 0.25) is 11.7 Å². The van der Waals surface area contributed by atoms with Gasteiger partial charge in [0, 0.05) is 53.4 Å². The van der Waals surface area contributed by atoms with Crippen molar-refractivity contribution < 1.29 is 14.4 Å². The maximum absolute atomic E-state index is 13.8. The highest BCUT2D eigenvalue weighted by atomic mass is 16.2. The van der Waals surface area contributed by atoms with E-state index in [1.165, 1.54) is 12.8 Å². The molecular weight excluding hydrogens is 654 g/mol. The van der Waals surface area contributed by atoms with Gasteiger partial charge in [0.1, 0.15) is 11.5 Å². The van der Waals surface area contributed by atoms with E-state index in [2.05, 4.69) is 41.6 Å². The second-order valence-electron chi connectivity index (χ2n) is 15.1. The zero-order valence-electron chi connectivity index (χ0n) is 29.8. The van der Waals surface area contributed by atoms with Crippen molar-refractivity contribution in [1.82, 2.24) is 36.2 Å². The molecule has 0 radical (unpaired) electrons. The quantitative estimate of drug-likeness (QED) is 0.135. The van der Waals surface area contributed by atoms with Gasteiger partial charge in [-0.2, -0.15) is 5.21 Å². The Labute approximate surface area is 304 Å². The highest BCUT2D eigenvalue weighted by molar-refractivity contribution is 5.96. The molecule has 272 valence electrons. The number of carbonyl (C=O) groups excluding carboxylic acids is 3. The van der Waals surface area contributed by atoms with E-state index in [9.17, 15) is 14.4 Å². The van der Waals surface area contributed by atoms with Gasteiger partial charge < -0.3 is 21.7 Å². The second-order valence-corrected chi connectivity index (χ2v) is 15.1. The van der Waals surface area contributed by atoms with Gasteiger partial charge in [0.15, 0.2) is 0 Å². The van der Waals surface area contributed by atoms with Gasteiger partial charge in [-0.1, -0.05) is 24.3 Å². The van der Waals surface area contributed by atoms with Crippen LogP contribution in [0, 0.1) is 30.6 Å². The number of rotatable bonds is 12. The molecule has 2 aromatic heterocycles. The lowest BCUT2D eigenvalue weighted by molar-refractivity contribution is -0.129. The summed E-state index contributed by atoms with van der Waals surface area (Å²) < 4.78 is 0. The Bertz CT molecular complexity index is 1820. The number of benzene rings is 2. The minimum absolute atomic E-state index is 0.0328. The fraction of sp³-hybridized carbons (Fsp3) is 0.475. The van der Waals surface area contributed by atoms with E-state index < -0.39 is 5.92 Å². The SMILES string of the molecule is Cc1cc(C(=O)NC2C[C@@H]3CC[C@H](C2)NC3)ncc1-c1ccc(C[C@H](CC(=O)C2CCC(CN)CC2)C(=O)Nc2ccc(-c3nn[nH]n3)cc2)cc1. The molecule has 2 aromatic carbocycles. The zero-order valence-corrected chi connectivity index (χ0v) is 29.8. The van der Waals surface area contributed by atoms with Crippen molar-refractivity contribution in [2.24, 2.45) is 29.4 Å². The summed E-state index contributed by atoms with van der Waals surface area (Å²) in [7, 11) is 0. The number of Topliss-reactive ketones (excluding diaryl/α,β-unsaturated/α-hetero) is 1. The van der Waals surface area contributed by atoms with E-state index in [1.807, 2.05) is 49.4 Å². The van der Waals surface area contributed by atoms with Gasteiger partial charge >= 0.3 is 0 Å². The number of aryl methyl sites for hydroxylation is 1. The Morgan fingerprint density at radius 1 is 0.942 bits per heavy atom. The molecule has 2 saturated carbocycles. The van der Waals surface area contributed by atoms with Crippen LogP contribution >= 0.6 is 0 Å². The van der Waals surface area contributed by atoms with Crippen LogP contribution in [-0.2, 0) is 16.0 Å². The summed E-state index contributed by atoms with van der Waals surface area (Å²) in [4.78, 5) is 45.1. The van der Waals surface area contributed by atoms with Crippen molar-refractivity contribution in [2.75, 3.05) is 18.4 Å². The summed E-state index contributed by atoms with van der Waals surface area (Å²) in [5.41, 5.74) is 11.6. The van der Waals surface area contributed by atoms with Gasteiger partial charge in [-0.25, -0.2) is 0 Å². The molecule has 12 heteroatoms. The first kappa shape index (κ1) is 35.6. The normalized spacial score (nSPS) is 23.4. The number of carbonyl (C=O) groups is 3. The Hall–Kier alpha value is -4.81. The number of H-pyrrole nitrogens is 1. The molecule has 2 amide bonds. The second kappa shape index (κ2) is 16.2. The van der Waals surface area contributed by atoms with Crippen LogP contribution in [0.25, 0.3) is 22.5 Å². The predicted molar refractivity (Wildman–Crippen MR) is 199 cm³/mol. The molecule has 2 aliphatic carbocycles. The van der Waals surface area contributed by atoms with Gasteiger partial charge in [-0.3, -0.25) is 19.4 Å². The lowest BCUT2D eigenvalue weighted by Crippen LogP contribution is -2.38. The third kappa shape index (κ3) is 8.62. The highest BCUT2D eigenvalue weighted by Crippen LogP contribution is 2.32. The number of aromatic nitrogens is 5. The molecule has 4 aromatic rings. The summed E-state index contributed by atoms with van der Waals surface area (Å²) in [5, 5.41) is 24.0. The Morgan fingerprint density at radius 3 is 2.38 bits per heavy atom. The summed E-state index contributed by atoms with van der Waals surface area (Å²) in [6.07, 6.45) is 10.3. The van der Waals surface area contributed by atoms with Crippen molar-refractivity contribution in [3.8, 4) is 22.5 Å². The summed E-state index contributed by atoms with van der Waals surface area (Å²) in [6.45, 7) is 3.70. The van der Waals surface area contributed by atoms with Crippen LogP contribution in [-0.4, -0.2) is 68.4 Å². The minimum Gasteiger partial charge on any atom is -0.348 e. The first-order valence-electron chi connectivity index (χ1n) is 18.8. The van der Waals surface area contributed by atoms with E-state index in [-0.39, 0.29) is 36.0 Å². The molecule has 0 spiro atoms. The van der Waals surface area contributed by atoms with Crippen molar-refractivity contribution in [2.45, 2.75) is 83.2 Å². The number of ketones is 1. The average Bonchev–Trinajstić information content (AvgIpc) is 3.56. The largest absolute Gasteiger partial charge is 0.348 e. The van der Waals surface area contributed by atoms with Gasteiger partial charge in [-0.05, 0) is 142 Å². The summed E-state index contributed by atoms with van der Waals surface area (Å²) >= 11 is 0. The molecule has 2 aliphatic heterocycles. The molecule has 4 heterocycles. The van der Waals surface area contributed by atoms with Crippen LogP contribution in [0.2, 0.25) is 0 Å². The van der Waals surface area contributed by atoms with Crippen molar-refractivity contribution in [3.63, 3.8) is 0 Å². The highest BCUT2D eigenvalue weighted by Gasteiger charge is 2.32. The van der Waals surface area contributed by atoms with Crippen LogP contribution in [0.3, 0.4) is 0 Å². The van der Waals surface area contributed by atoms with Crippen LogP contribution < -0.4 is 21.7 Å². The van der Waals surface area contributed by atoms with Crippen molar-refractivity contribution in [3.05, 3.63) is 77.6 Å². The molecule has 1 unspecified atom stereocenters. The lowest BCUT2D eigenvalue weighted by atomic mass is 9.77. The van der Waals surface area contributed by atoms with Crippen LogP contribution in [0.4, 0.5) is 5.69 Å². The maximum atomic E-state index is 13.8. The molecule has 4 atom stereocenters. The number of aromatic amines is 1. The fourth-order valence-corrected chi connectivity index (χ4v) is 8.30. The molecule has 8 rings (SSSR count). The lowest BCUT2D eigenvalue weighted by Gasteiger charge is -2.27. The van der Waals surface area contributed by atoms with E-state index in [0.29, 0.717) is 48.0 Å².